The normalized spacial score (nSPS) is 26.9. The summed E-state index contributed by atoms with van der Waals surface area (Å²) in [6.45, 7) is 2.99. The largest absolute Gasteiger partial charge is 0.459 e. The summed E-state index contributed by atoms with van der Waals surface area (Å²) in [6, 6.07) is 4.46. The van der Waals surface area contributed by atoms with E-state index < -0.39 is 0 Å². The van der Waals surface area contributed by atoms with Crippen LogP contribution in [0.3, 0.4) is 0 Å². The smallest absolute Gasteiger partial charge is 0.233 e. The van der Waals surface area contributed by atoms with Crippen molar-refractivity contribution in [1.82, 2.24) is 15.5 Å². The van der Waals surface area contributed by atoms with Gasteiger partial charge in [-0.05, 0) is 43.4 Å². The van der Waals surface area contributed by atoms with Gasteiger partial charge in [-0.25, -0.2) is 4.39 Å². The molecule has 1 saturated heterocycles. The second kappa shape index (κ2) is 7.51. The summed E-state index contributed by atoms with van der Waals surface area (Å²) in [5.41, 5.74) is 1.51. The van der Waals surface area contributed by atoms with Gasteiger partial charge in [-0.15, -0.1) is 0 Å². The van der Waals surface area contributed by atoms with Crippen molar-refractivity contribution in [3.8, 4) is 0 Å². The molecule has 2 aromatic rings. The molecule has 2 aliphatic carbocycles. The predicted molar refractivity (Wildman–Crippen MR) is 114 cm³/mol. The lowest BCUT2D eigenvalue weighted by atomic mass is 9.85. The number of guanidine groups is 1. The minimum atomic E-state index is -0.299. The minimum Gasteiger partial charge on any atom is -0.459 e. The van der Waals surface area contributed by atoms with Crippen LogP contribution in [0.25, 0.3) is 11.0 Å². The number of halogens is 1. The molecular weight excluding hydrogens is 399 g/mol. The maximum Gasteiger partial charge on any atom is 0.233 e. The van der Waals surface area contributed by atoms with Gasteiger partial charge in [-0.3, -0.25) is 19.5 Å². The van der Waals surface area contributed by atoms with E-state index in [-0.39, 0.29) is 41.3 Å². The Bertz CT molecular complexity index is 1090. The first-order chi connectivity index (χ1) is 15.0. The first kappa shape index (κ1) is 19.8. The Labute approximate surface area is 179 Å². The van der Waals surface area contributed by atoms with Crippen LogP contribution in [0.5, 0.6) is 0 Å². The number of carbonyl (C=O) groups is 2. The number of fused-ring (bicyclic) bond motifs is 6. The molecule has 4 atom stereocenters. The van der Waals surface area contributed by atoms with Gasteiger partial charge in [0.1, 0.15) is 17.2 Å². The third-order valence-corrected chi connectivity index (χ3v) is 6.83. The number of aryl methyl sites for hydroxylation is 1. The molecule has 1 saturated carbocycles. The van der Waals surface area contributed by atoms with Gasteiger partial charge in [0.05, 0.1) is 18.4 Å². The average molecular weight is 424 g/mol. The summed E-state index contributed by atoms with van der Waals surface area (Å²) in [5, 5.41) is 7.07. The number of hydrogen-bond donors (Lipinski definition) is 2. The van der Waals surface area contributed by atoms with E-state index in [4.69, 9.17) is 4.42 Å². The lowest BCUT2D eigenvalue weighted by molar-refractivity contribution is -0.140. The lowest BCUT2D eigenvalue weighted by Crippen LogP contribution is -2.43. The lowest BCUT2D eigenvalue weighted by Gasteiger charge is -2.18. The highest BCUT2D eigenvalue weighted by Gasteiger charge is 2.58. The van der Waals surface area contributed by atoms with Gasteiger partial charge in [0.15, 0.2) is 5.96 Å². The first-order valence-electron chi connectivity index (χ1n) is 10.6. The van der Waals surface area contributed by atoms with Crippen LogP contribution in [0.1, 0.15) is 17.7 Å². The number of nitrogens with zero attached hydrogens (tertiary/aromatic N) is 2. The Balaban J connectivity index is 1.16. The van der Waals surface area contributed by atoms with E-state index in [2.05, 4.69) is 27.8 Å². The van der Waals surface area contributed by atoms with E-state index in [1.807, 2.05) is 6.92 Å². The van der Waals surface area contributed by atoms with Crippen LogP contribution in [0, 0.1) is 36.4 Å². The van der Waals surface area contributed by atoms with Crippen LogP contribution in [0.2, 0.25) is 0 Å². The van der Waals surface area contributed by atoms with E-state index in [0.717, 1.165) is 17.4 Å². The average Bonchev–Trinajstić information content (AvgIpc) is 3.50. The summed E-state index contributed by atoms with van der Waals surface area (Å²) in [4.78, 5) is 31.1. The molecule has 2 heterocycles. The topological polar surface area (TPSA) is 86.9 Å². The highest BCUT2D eigenvalue weighted by molar-refractivity contribution is 6.06. The summed E-state index contributed by atoms with van der Waals surface area (Å²) in [6.07, 6.45) is 5.13. The molecule has 5 rings (SSSR count). The molecule has 1 aromatic heterocycles. The van der Waals surface area contributed by atoms with Crippen LogP contribution in [-0.2, 0) is 16.1 Å². The molecule has 2 amide bonds. The van der Waals surface area contributed by atoms with Crippen LogP contribution in [-0.4, -0.2) is 42.8 Å². The third-order valence-electron chi connectivity index (χ3n) is 6.83. The van der Waals surface area contributed by atoms with E-state index in [1.54, 1.807) is 13.1 Å². The SMILES string of the molecule is CN=C(NCCN1C(=O)C2C3C=CC(C3)C2C1=O)NCc1oc2ccc(F)cc2c1C. The molecule has 1 aromatic carbocycles. The number of amides is 2. The van der Waals surface area contributed by atoms with Gasteiger partial charge >= 0.3 is 0 Å². The monoisotopic (exact) mass is 424 g/mol. The molecule has 4 unspecified atom stereocenters. The van der Waals surface area contributed by atoms with Gasteiger partial charge < -0.3 is 15.1 Å². The Hall–Kier alpha value is -3.16. The maximum absolute atomic E-state index is 13.5. The van der Waals surface area contributed by atoms with Crippen molar-refractivity contribution < 1.29 is 18.4 Å². The van der Waals surface area contributed by atoms with Crippen LogP contribution < -0.4 is 10.6 Å². The second-order valence-corrected chi connectivity index (χ2v) is 8.47. The van der Waals surface area contributed by atoms with Gasteiger partial charge in [0, 0.05) is 31.1 Å². The quantitative estimate of drug-likeness (QED) is 0.333. The number of imide groups is 1. The zero-order chi connectivity index (χ0) is 21.7. The van der Waals surface area contributed by atoms with Crippen LogP contribution in [0.4, 0.5) is 4.39 Å². The Kier molecular flexibility index (Phi) is 4.79. The number of nitrogens with one attached hydrogen (secondary N) is 2. The van der Waals surface area contributed by atoms with Crippen molar-refractivity contribution in [2.75, 3.05) is 20.1 Å². The van der Waals surface area contributed by atoms with Gasteiger partial charge in [-0.1, -0.05) is 12.2 Å². The summed E-state index contributed by atoms with van der Waals surface area (Å²) in [7, 11) is 1.65. The molecule has 1 aliphatic heterocycles. The minimum absolute atomic E-state index is 0.0401. The van der Waals surface area contributed by atoms with Gasteiger partial charge in [0.25, 0.3) is 0 Å². The Morgan fingerprint density at radius 3 is 2.58 bits per heavy atom. The summed E-state index contributed by atoms with van der Waals surface area (Å²) < 4.78 is 19.3. The van der Waals surface area contributed by atoms with E-state index in [1.165, 1.54) is 17.0 Å². The molecule has 31 heavy (non-hydrogen) atoms. The number of allylic oxidation sites excluding steroid dienone is 2. The fourth-order valence-corrected chi connectivity index (χ4v) is 5.27. The van der Waals surface area contributed by atoms with Crippen LogP contribution >= 0.6 is 0 Å². The van der Waals surface area contributed by atoms with Crippen molar-refractivity contribution in [1.29, 1.82) is 0 Å². The highest BCUT2D eigenvalue weighted by atomic mass is 19.1. The predicted octanol–water partition coefficient (Wildman–Crippen LogP) is 2.35. The second-order valence-electron chi connectivity index (χ2n) is 8.47. The zero-order valence-corrected chi connectivity index (χ0v) is 17.5. The first-order valence-corrected chi connectivity index (χ1v) is 10.6. The van der Waals surface area contributed by atoms with Crippen molar-refractivity contribution in [2.24, 2.45) is 28.7 Å². The van der Waals surface area contributed by atoms with Crippen molar-refractivity contribution in [2.45, 2.75) is 19.9 Å². The van der Waals surface area contributed by atoms with Crippen molar-refractivity contribution >= 4 is 28.7 Å². The molecule has 2 bridgehead atoms. The number of hydrogen-bond acceptors (Lipinski definition) is 4. The Morgan fingerprint density at radius 2 is 1.90 bits per heavy atom. The molecule has 7 nitrogen and oxygen atoms in total. The highest BCUT2D eigenvalue weighted by Crippen LogP contribution is 2.52. The molecule has 0 spiro atoms. The molecule has 2 N–H and O–H groups in total. The number of rotatable bonds is 5. The number of furan rings is 1. The number of carbonyl (C=O) groups excluding carboxylic acids is 2. The van der Waals surface area contributed by atoms with E-state index in [0.29, 0.717) is 36.9 Å². The number of benzene rings is 1. The van der Waals surface area contributed by atoms with E-state index in [9.17, 15) is 14.0 Å². The van der Waals surface area contributed by atoms with Gasteiger partial charge in [-0.2, -0.15) is 0 Å². The summed E-state index contributed by atoms with van der Waals surface area (Å²) >= 11 is 0. The maximum atomic E-state index is 13.5. The van der Waals surface area contributed by atoms with Crippen molar-refractivity contribution in [3.05, 3.63) is 47.5 Å². The Morgan fingerprint density at radius 1 is 1.19 bits per heavy atom. The number of aliphatic imine (C=N–C) groups is 1. The zero-order valence-electron chi connectivity index (χ0n) is 17.5. The molecule has 0 radical (unpaired) electrons. The molecule has 3 aliphatic rings. The fraction of sp³-hybridized carbons (Fsp3) is 0.435. The summed E-state index contributed by atoms with van der Waals surface area (Å²) in [5.74, 6) is 0.965. The standard InChI is InChI=1S/C23H25FN4O3/c1-12-16-10-15(24)5-6-17(16)31-18(12)11-27-23(25-2)26-7-8-28-21(29)19-13-3-4-14(9-13)20(19)22(28)30/h3-6,10,13-14,19-20H,7-9,11H2,1-2H3,(H2,25,26,27). The number of likely N-dealkylation sites (tertiary alicyclic amines) is 1. The van der Waals surface area contributed by atoms with Crippen LogP contribution in [0.15, 0.2) is 39.8 Å². The van der Waals surface area contributed by atoms with E-state index >= 15 is 0 Å². The molecule has 8 heteroatoms. The molecular formula is C23H25FN4O3. The third kappa shape index (κ3) is 3.21. The van der Waals surface area contributed by atoms with Crippen molar-refractivity contribution in [3.63, 3.8) is 0 Å². The fourth-order valence-electron chi connectivity index (χ4n) is 5.27. The van der Waals surface area contributed by atoms with Gasteiger partial charge in [0.2, 0.25) is 11.8 Å². The molecule has 2 fully saturated rings. The molecule has 162 valence electrons.